The minimum atomic E-state index is -4.61. The molecule has 40 heavy (non-hydrogen) atoms. The first kappa shape index (κ1) is 34.3. The number of ether oxygens (including phenoxy) is 3. The summed E-state index contributed by atoms with van der Waals surface area (Å²) in [6.07, 6.45) is -8.47. The van der Waals surface area contributed by atoms with E-state index < -0.39 is 38.1 Å². The number of carboxylic acid groups (broad SMARTS) is 1. The monoisotopic (exact) mass is 602 g/mol. The predicted molar refractivity (Wildman–Crippen MR) is 134 cm³/mol. The zero-order valence-electron chi connectivity index (χ0n) is 21.1. The first-order valence-electron chi connectivity index (χ1n) is 11.2. The molecular formula is C23H28F6N4O6S. The van der Waals surface area contributed by atoms with Gasteiger partial charge >= 0.3 is 18.3 Å². The predicted octanol–water partition coefficient (Wildman–Crippen LogP) is 4.22. The summed E-state index contributed by atoms with van der Waals surface area (Å²) in [5.74, 6) is -0.988. The molecule has 0 aliphatic carbocycles. The normalized spacial score (nSPS) is 11.1. The van der Waals surface area contributed by atoms with Crippen molar-refractivity contribution in [2.75, 3.05) is 33.0 Å². The Hall–Kier alpha value is -3.73. The van der Waals surface area contributed by atoms with Gasteiger partial charge in [0.15, 0.2) is 13.2 Å². The molecule has 0 amide bonds. The average Bonchev–Trinajstić information content (AvgIpc) is 2.84. The highest BCUT2D eigenvalue weighted by molar-refractivity contribution is 7.97. The summed E-state index contributed by atoms with van der Waals surface area (Å²) < 4.78 is 89.7. The van der Waals surface area contributed by atoms with Gasteiger partial charge in [-0.1, -0.05) is 17.7 Å². The lowest BCUT2D eigenvalue weighted by Gasteiger charge is -2.15. The van der Waals surface area contributed by atoms with Crippen molar-refractivity contribution in [3.05, 3.63) is 48.0 Å². The van der Waals surface area contributed by atoms with Gasteiger partial charge in [-0.15, -0.1) is 0 Å². The van der Waals surface area contributed by atoms with Gasteiger partial charge in [-0.2, -0.15) is 26.3 Å². The minimum absolute atomic E-state index is 0.0554. The third kappa shape index (κ3) is 17.7. The van der Waals surface area contributed by atoms with Crippen LogP contribution in [0.5, 0.6) is 17.2 Å². The Morgan fingerprint density at radius 2 is 1.52 bits per heavy atom. The molecule has 0 atom stereocenters. The molecule has 10 nitrogen and oxygen atoms in total. The summed E-state index contributed by atoms with van der Waals surface area (Å²) >= 11 is 0.589. The fourth-order valence-electron chi connectivity index (χ4n) is 2.35. The van der Waals surface area contributed by atoms with Crippen LogP contribution < -0.4 is 30.4 Å². The number of nitrogens with zero attached hydrogens (tertiary/aromatic N) is 1. The SMILES string of the molecule is Cc1ccc(OCCCON=C(N)N)cc1.O=C(O)CNSc1cc(OCC(F)(F)F)ccc1OCC(F)(F)F. The topological polar surface area (TPSA) is 151 Å². The van der Waals surface area contributed by atoms with Gasteiger partial charge in [0.05, 0.1) is 11.5 Å². The Bertz CT molecular complexity index is 1070. The fraction of sp³-hybridized carbons (Fsp3) is 0.391. The lowest BCUT2D eigenvalue weighted by atomic mass is 10.2. The van der Waals surface area contributed by atoms with E-state index in [9.17, 15) is 31.1 Å². The van der Waals surface area contributed by atoms with E-state index in [1.807, 2.05) is 31.2 Å². The van der Waals surface area contributed by atoms with Gasteiger partial charge < -0.3 is 35.6 Å². The second-order valence-corrected chi connectivity index (χ2v) is 8.53. The number of benzene rings is 2. The Kier molecular flexibility index (Phi) is 14.6. The van der Waals surface area contributed by atoms with E-state index in [1.165, 1.54) is 5.56 Å². The summed E-state index contributed by atoms with van der Waals surface area (Å²) in [5, 5.41) is 11.9. The summed E-state index contributed by atoms with van der Waals surface area (Å²) in [6.45, 7) is -0.679. The summed E-state index contributed by atoms with van der Waals surface area (Å²) in [7, 11) is 0. The van der Waals surface area contributed by atoms with Gasteiger partial charge in [0.25, 0.3) is 0 Å². The smallest absolute Gasteiger partial charge is 0.422 e. The molecule has 2 rings (SSSR count). The number of rotatable bonds is 14. The highest BCUT2D eigenvalue weighted by Crippen LogP contribution is 2.33. The molecular weight excluding hydrogens is 574 g/mol. The number of halogens is 6. The number of carboxylic acids is 1. The molecule has 0 spiro atoms. The van der Waals surface area contributed by atoms with Crippen LogP contribution in [0.2, 0.25) is 0 Å². The number of aryl methyl sites for hydroxylation is 1. The third-order valence-corrected chi connectivity index (χ3v) is 4.78. The van der Waals surface area contributed by atoms with Crippen LogP contribution in [-0.4, -0.2) is 62.4 Å². The van der Waals surface area contributed by atoms with Crippen LogP contribution in [0.15, 0.2) is 52.5 Å². The summed E-state index contributed by atoms with van der Waals surface area (Å²) in [6, 6.07) is 10.9. The van der Waals surface area contributed by atoms with Crippen molar-refractivity contribution in [3.63, 3.8) is 0 Å². The number of hydrogen-bond donors (Lipinski definition) is 4. The van der Waals surface area contributed by atoms with E-state index in [4.69, 9.17) is 26.1 Å². The number of oxime groups is 1. The zero-order valence-corrected chi connectivity index (χ0v) is 21.9. The molecule has 0 aromatic heterocycles. The number of nitrogens with two attached hydrogens (primary N) is 2. The van der Waals surface area contributed by atoms with Crippen LogP contribution in [-0.2, 0) is 9.63 Å². The molecule has 0 unspecified atom stereocenters. The first-order valence-corrected chi connectivity index (χ1v) is 12.0. The van der Waals surface area contributed by atoms with Crippen LogP contribution in [0, 0.1) is 6.92 Å². The van der Waals surface area contributed by atoms with E-state index in [-0.39, 0.29) is 22.4 Å². The van der Waals surface area contributed by atoms with Gasteiger partial charge in [-0.25, -0.2) is 4.72 Å². The highest BCUT2D eigenvalue weighted by Gasteiger charge is 2.30. The van der Waals surface area contributed by atoms with Crippen molar-refractivity contribution in [3.8, 4) is 17.2 Å². The molecule has 0 aliphatic heterocycles. The largest absolute Gasteiger partial charge is 0.493 e. The van der Waals surface area contributed by atoms with Crippen LogP contribution >= 0.6 is 11.9 Å². The van der Waals surface area contributed by atoms with Gasteiger partial charge in [0.1, 0.15) is 30.4 Å². The Morgan fingerprint density at radius 3 is 2.10 bits per heavy atom. The Labute approximate surface area is 229 Å². The van der Waals surface area contributed by atoms with Crippen molar-refractivity contribution in [2.45, 2.75) is 30.6 Å². The van der Waals surface area contributed by atoms with Crippen LogP contribution in [0.3, 0.4) is 0 Å². The molecule has 0 bridgehead atoms. The van der Waals surface area contributed by atoms with Crippen molar-refractivity contribution in [1.29, 1.82) is 0 Å². The van der Waals surface area contributed by atoms with E-state index in [2.05, 4.69) is 19.4 Å². The first-order chi connectivity index (χ1) is 18.6. The van der Waals surface area contributed by atoms with Gasteiger partial charge in [-0.05, 0) is 54.4 Å². The van der Waals surface area contributed by atoms with Crippen molar-refractivity contribution >= 4 is 23.9 Å². The van der Waals surface area contributed by atoms with Crippen LogP contribution in [0.1, 0.15) is 12.0 Å². The maximum absolute atomic E-state index is 12.2. The number of aliphatic carboxylic acids is 1. The molecule has 6 N–H and O–H groups in total. The lowest BCUT2D eigenvalue weighted by Crippen LogP contribution is -2.23. The molecule has 17 heteroatoms. The summed E-state index contributed by atoms with van der Waals surface area (Å²) in [5.41, 5.74) is 11.4. The van der Waals surface area contributed by atoms with Gasteiger partial charge in [-0.3, -0.25) is 4.79 Å². The molecule has 0 heterocycles. The second-order valence-electron chi connectivity index (χ2n) is 7.60. The second kappa shape index (κ2) is 17.1. The third-order valence-electron chi connectivity index (χ3n) is 3.95. The fourth-order valence-corrected chi connectivity index (χ4v) is 3.10. The van der Waals surface area contributed by atoms with Gasteiger partial charge in [0, 0.05) is 6.42 Å². The molecule has 0 radical (unpaired) electrons. The molecule has 2 aromatic rings. The number of guanidine groups is 1. The molecule has 0 saturated heterocycles. The number of alkyl halides is 6. The number of carbonyl (C=O) groups is 1. The number of nitrogens with one attached hydrogen (secondary N) is 1. The molecule has 2 aromatic carbocycles. The van der Waals surface area contributed by atoms with E-state index >= 15 is 0 Å². The average molecular weight is 603 g/mol. The Morgan fingerprint density at radius 1 is 0.925 bits per heavy atom. The van der Waals surface area contributed by atoms with Gasteiger partial charge in [0.2, 0.25) is 5.96 Å². The summed E-state index contributed by atoms with van der Waals surface area (Å²) in [4.78, 5) is 15.2. The highest BCUT2D eigenvalue weighted by atomic mass is 32.2. The maximum atomic E-state index is 12.2. The molecule has 0 fully saturated rings. The van der Waals surface area contributed by atoms with Crippen molar-refractivity contribution in [2.24, 2.45) is 16.6 Å². The van der Waals surface area contributed by atoms with Crippen LogP contribution in [0.25, 0.3) is 0 Å². The number of hydrogen-bond acceptors (Lipinski definition) is 8. The quantitative estimate of drug-likeness (QED) is 0.0618. The van der Waals surface area contributed by atoms with E-state index in [0.29, 0.717) is 25.2 Å². The zero-order chi connectivity index (χ0) is 30.2. The van der Waals surface area contributed by atoms with E-state index in [0.717, 1.165) is 30.4 Å². The molecule has 0 aliphatic rings. The molecule has 0 saturated carbocycles. The minimum Gasteiger partial charge on any atom is -0.493 e. The van der Waals surface area contributed by atoms with Crippen molar-refractivity contribution in [1.82, 2.24) is 4.72 Å². The van der Waals surface area contributed by atoms with Crippen LogP contribution in [0.4, 0.5) is 26.3 Å². The van der Waals surface area contributed by atoms with E-state index in [1.54, 1.807) is 0 Å². The molecule has 224 valence electrons. The standard InChI is InChI=1S/C12H11F6NO4S.C11H17N3O2/c13-11(14,15)5-22-7-1-2-8(23-6-12(16,17)18)9(3-7)24-19-4-10(20)21;1-9-3-5-10(6-4-9)15-7-2-8-16-14-11(12)13/h1-3,19H,4-6H2,(H,20,21);3-6H,2,7-8H2,1H3,(H4,12,13,14). The lowest BCUT2D eigenvalue weighted by molar-refractivity contribution is -0.154. The Balaban J connectivity index is 0.000000433. The maximum Gasteiger partial charge on any atom is 0.422 e. The van der Waals surface area contributed by atoms with Crippen molar-refractivity contribution < 1.29 is 55.3 Å².